The molecule has 1 N–H and O–H groups in total. The summed E-state index contributed by atoms with van der Waals surface area (Å²) < 4.78 is 39.1. The normalized spacial score (nSPS) is 24.8. The molecule has 1 saturated heterocycles. The van der Waals surface area contributed by atoms with E-state index in [1.54, 1.807) is 24.3 Å². The van der Waals surface area contributed by atoms with Gasteiger partial charge in [-0.1, -0.05) is 36.0 Å². The third-order valence-corrected chi connectivity index (χ3v) is 6.80. The molecule has 9 heteroatoms. The van der Waals surface area contributed by atoms with Crippen molar-refractivity contribution in [3.8, 4) is 0 Å². The van der Waals surface area contributed by atoms with Crippen molar-refractivity contribution in [1.29, 1.82) is 0 Å². The molecule has 3 atom stereocenters. The summed E-state index contributed by atoms with van der Waals surface area (Å²) in [7, 11) is 1.31. The lowest BCUT2D eigenvalue weighted by Crippen LogP contribution is -2.51. The second-order valence-corrected chi connectivity index (χ2v) is 8.75. The minimum absolute atomic E-state index is 0.00680. The molecule has 0 radical (unpaired) electrons. The lowest BCUT2D eigenvalue weighted by atomic mass is 9.74. The number of hydrogen-bond acceptors (Lipinski definition) is 6. The van der Waals surface area contributed by atoms with Gasteiger partial charge in [0.25, 0.3) is 5.91 Å². The first kappa shape index (κ1) is 22.4. The number of carbonyl (C=O) groups excluding carboxylic acids is 2. The average molecular weight is 461 g/mol. The molecule has 2 aromatic carbocycles. The summed E-state index contributed by atoms with van der Waals surface area (Å²) in [6.45, 7) is -0.00680. The SMILES string of the molecule is COC(=O)CC1CC2CSC(NC(=O)c3ccccc3)=NC2(c2ccc(F)cc2F)CO1. The van der Waals surface area contributed by atoms with Crippen LogP contribution in [0.5, 0.6) is 0 Å². The number of carbonyl (C=O) groups is 2. The van der Waals surface area contributed by atoms with Crippen LogP contribution >= 0.6 is 11.8 Å². The molecule has 2 aliphatic rings. The number of esters is 1. The Bertz CT molecular complexity index is 1050. The highest BCUT2D eigenvalue weighted by Crippen LogP contribution is 2.47. The largest absolute Gasteiger partial charge is 0.469 e. The lowest BCUT2D eigenvalue weighted by Gasteiger charge is -2.46. The molecule has 2 aliphatic heterocycles. The van der Waals surface area contributed by atoms with Gasteiger partial charge in [0, 0.05) is 28.9 Å². The smallest absolute Gasteiger partial charge is 0.308 e. The summed E-state index contributed by atoms with van der Waals surface area (Å²) in [6.07, 6.45) is 0.142. The average Bonchev–Trinajstić information content (AvgIpc) is 2.79. The molecule has 0 saturated carbocycles. The Morgan fingerprint density at radius 1 is 1.25 bits per heavy atom. The van der Waals surface area contributed by atoms with Crippen LogP contribution in [0.15, 0.2) is 53.5 Å². The molecule has 2 aromatic rings. The van der Waals surface area contributed by atoms with E-state index < -0.39 is 23.1 Å². The fraction of sp³-hybridized carbons (Fsp3) is 0.348. The van der Waals surface area contributed by atoms with Gasteiger partial charge in [-0.3, -0.25) is 9.59 Å². The molecule has 6 nitrogen and oxygen atoms in total. The van der Waals surface area contributed by atoms with E-state index in [0.29, 0.717) is 22.9 Å². The summed E-state index contributed by atoms with van der Waals surface area (Å²) in [4.78, 5) is 29.1. The highest BCUT2D eigenvalue weighted by atomic mass is 32.2. The Kier molecular flexibility index (Phi) is 6.57. The van der Waals surface area contributed by atoms with E-state index in [1.165, 1.54) is 31.0 Å². The fourth-order valence-electron chi connectivity index (χ4n) is 4.10. The van der Waals surface area contributed by atoms with E-state index in [2.05, 4.69) is 5.32 Å². The van der Waals surface area contributed by atoms with Crippen LogP contribution in [-0.4, -0.2) is 42.6 Å². The zero-order valence-electron chi connectivity index (χ0n) is 17.3. The highest BCUT2D eigenvalue weighted by molar-refractivity contribution is 8.13. The van der Waals surface area contributed by atoms with Crippen LogP contribution < -0.4 is 5.32 Å². The number of nitrogens with one attached hydrogen (secondary N) is 1. The van der Waals surface area contributed by atoms with Crippen molar-refractivity contribution >= 4 is 28.8 Å². The Hall–Kier alpha value is -2.78. The molecule has 3 unspecified atom stereocenters. The molecule has 32 heavy (non-hydrogen) atoms. The van der Waals surface area contributed by atoms with Crippen LogP contribution in [0.1, 0.15) is 28.8 Å². The maximum Gasteiger partial charge on any atom is 0.308 e. The topological polar surface area (TPSA) is 77.0 Å². The van der Waals surface area contributed by atoms with E-state index >= 15 is 0 Å². The van der Waals surface area contributed by atoms with Crippen LogP contribution in [0, 0.1) is 17.6 Å². The van der Waals surface area contributed by atoms with Crippen molar-refractivity contribution in [3.63, 3.8) is 0 Å². The predicted octanol–water partition coefficient (Wildman–Crippen LogP) is 3.66. The first-order valence-corrected chi connectivity index (χ1v) is 11.1. The Balaban J connectivity index is 1.66. The third kappa shape index (κ3) is 4.54. The fourth-order valence-corrected chi connectivity index (χ4v) is 5.26. The van der Waals surface area contributed by atoms with Crippen LogP contribution in [0.25, 0.3) is 0 Å². The number of amides is 1. The van der Waals surface area contributed by atoms with E-state index in [1.807, 2.05) is 6.07 Å². The second kappa shape index (κ2) is 9.38. The number of fused-ring (bicyclic) bond motifs is 1. The molecular weight excluding hydrogens is 438 g/mol. The summed E-state index contributed by atoms with van der Waals surface area (Å²) in [6, 6.07) is 12.1. The third-order valence-electron chi connectivity index (χ3n) is 5.76. The maximum absolute atomic E-state index is 14.9. The number of aliphatic imine (C=N–C) groups is 1. The number of nitrogens with zero attached hydrogens (tertiary/aromatic N) is 1. The van der Waals surface area contributed by atoms with Crippen LogP contribution in [0.2, 0.25) is 0 Å². The highest BCUT2D eigenvalue weighted by Gasteiger charge is 2.50. The first-order valence-electron chi connectivity index (χ1n) is 10.1. The number of ether oxygens (including phenoxy) is 2. The molecule has 1 fully saturated rings. The standard InChI is InChI=1S/C23H22F2N2O4S/c1-30-20(28)11-17-9-15-12-32-22(26-21(29)14-5-3-2-4-6-14)27-23(15,13-31-17)18-8-7-16(24)10-19(18)25/h2-8,10,15,17H,9,11-13H2,1H3,(H,26,27,29). The zero-order valence-corrected chi connectivity index (χ0v) is 18.2. The lowest BCUT2D eigenvalue weighted by molar-refractivity contribution is -0.147. The van der Waals surface area contributed by atoms with Crippen LogP contribution in [0.4, 0.5) is 8.78 Å². The van der Waals surface area contributed by atoms with Gasteiger partial charge < -0.3 is 14.8 Å². The van der Waals surface area contributed by atoms with Gasteiger partial charge in [0.05, 0.1) is 26.2 Å². The Morgan fingerprint density at radius 2 is 2.03 bits per heavy atom. The van der Waals surface area contributed by atoms with E-state index in [4.69, 9.17) is 14.5 Å². The van der Waals surface area contributed by atoms with Gasteiger partial charge in [-0.05, 0) is 24.6 Å². The van der Waals surface area contributed by atoms with Crippen molar-refractivity contribution in [2.45, 2.75) is 24.5 Å². The maximum atomic E-state index is 14.9. The van der Waals surface area contributed by atoms with Gasteiger partial charge in [-0.15, -0.1) is 0 Å². The molecule has 168 valence electrons. The quantitative estimate of drug-likeness (QED) is 0.705. The number of amidine groups is 1. The molecule has 0 bridgehead atoms. The molecule has 1 amide bonds. The Morgan fingerprint density at radius 3 is 2.75 bits per heavy atom. The zero-order chi connectivity index (χ0) is 22.7. The van der Waals surface area contributed by atoms with Gasteiger partial charge >= 0.3 is 5.97 Å². The van der Waals surface area contributed by atoms with Crippen molar-refractivity contribution < 1.29 is 27.8 Å². The van der Waals surface area contributed by atoms with Crippen molar-refractivity contribution in [1.82, 2.24) is 5.32 Å². The first-order chi connectivity index (χ1) is 15.4. The van der Waals surface area contributed by atoms with Gasteiger partial charge in [-0.2, -0.15) is 0 Å². The van der Waals surface area contributed by atoms with E-state index in [9.17, 15) is 18.4 Å². The molecular formula is C23H22F2N2O4S. The molecule has 0 aliphatic carbocycles. The second-order valence-electron chi connectivity index (χ2n) is 7.74. The summed E-state index contributed by atoms with van der Waals surface area (Å²) in [5.74, 6) is -1.80. The number of thioether (sulfide) groups is 1. The summed E-state index contributed by atoms with van der Waals surface area (Å²) >= 11 is 1.35. The molecule has 2 heterocycles. The number of benzene rings is 2. The van der Waals surface area contributed by atoms with Gasteiger partial charge in [-0.25, -0.2) is 13.8 Å². The van der Waals surface area contributed by atoms with Crippen molar-refractivity contribution in [2.24, 2.45) is 10.9 Å². The van der Waals surface area contributed by atoms with Gasteiger partial charge in [0.2, 0.25) is 0 Å². The predicted molar refractivity (Wildman–Crippen MR) is 116 cm³/mol. The minimum Gasteiger partial charge on any atom is -0.469 e. The van der Waals surface area contributed by atoms with Crippen LogP contribution in [-0.2, 0) is 19.8 Å². The van der Waals surface area contributed by atoms with Crippen molar-refractivity contribution in [3.05, 3.63) is 71.3 Å². The Labute approximate surface area is 188 Å². The van der Waals surface area contributed by atoms with E-state index in [-0.39, 0.29) is 36.5 Å². The van der Waals surface area contributed by atoms with Crippen LogP contribution in [0.3, 0.4) is 0 Å². The van der Waals surface area contributed by atoms with Gasteiger partial charge in [0.1, 0.15) is 17.2 Å². The molecule has 0 aromatic heterocycles. The van der Waals surface area contributed by atoms with Gasteiger partial charge in [0.15, 0.2) is 5.17 Å². The monoisotopic (exact) mass is 460 g/mol. The van der Waals surface area contributed by atoms with E-state index in [0.717, 1.165) is 6.07 Å². The number of hydrogen-bond donors (Lipinski definition) is 1. The minimum atomic E-state index is -1.14. The van der Waals surface area contributed by atoms with Crippen molar-refractivity contribution in [2.75, 3.05) is 19.5 Å². The summed E-state index contributed by atoms with van der Waals surface area (Å²) in [5.41, 5.74) is -0.472. The molecule has 0 spiro atoms. The number of methoxy groups -OCH3 is 1. The number of halogens is 2. The number of rotatable bonds is 4. The molecule has 4 rings (SSSR count). The summed E-state index contributed by atoms with van der Waals surface area (Å²) in [5, 5.41) is 3.14.